The van der Waals surface area contributed by atoms with Crippen molar-refractivity contribution >= 4 is 29.9 Å². The van der Waals surface area contributed by atoms with Gasteiger partial charge in [0.1, 0.15) is 17.3 Å². The molecule has 0 atom stereocenters. The number of nitrogens with one attached hydrogen (secondary N) is 3. The van der Waals surface area contributed by atoms with Crippen LogP contribution in [0.1, 0.15) is 17.0 Å². The number of H-pyrrole nitrogens is 1. The van der Waals surface area contributed by atoms with E-state index in [9.17, 15) is 0 Å². The first kappa shape index (κ1) is 24.4. The minimum absolute atomic E-state index is 0. The second-order valence-corrected chi connectivity index (χ2v) is 6.75. The Labute approximate surface area is 199 Å². The van der Waals surface area contributed by atoms with Gasteiger partial charge in [-0.05, 0) is 49.2 Å². The number of benzene rings is 2. The van der Waals surface area contributed by atoms with Crippen LogP contribution in [0.5, 0.6) is 11.5 Å². The second kappa shape index (κ2) is 12.1. The Bertz CT molecular complexity index is 988. The van der Waals surface area contributed by atoms with Gasteiger partial charge >= 0.3 is 0 Å². The maximum atomic E-state index is 5.44. The summed E-state index contributed by atoms with van der Waals surface area (Å²) < 4.78 is 10.6. The Kier molecular flexibility index (Phi) is 9.57. The van der Waals surface area contributed by atoms with Crippen molar-refractivity contribution in [3.8, 4) is 22.9 Å². The fourth-order valence-corrected chi connectivity index (χ4v) is 3.05. The van der Waals surface area contributed by atoms with Crippen LogP contribution in [0.25, 0.3) is 11.4 Å². The predicted octanol–water partition coefficient (Wildman–Crippen LogP) is 3.32. The number of aliphatic imine (C=N–C) groups is 1. The SMILES string of the molecule is CN=C(NCCc1cc(C)ccc1OC)NCc1nc(-c2ccc(OC)cc2)n[nH]1.I. The summed E-state index contributed by atoms with van der Waals surface area (Å²) >= 11 is 0. The van der Waals surface area contributed by atoms with E-state index in [1.54, 1.807) is 21.3 Å². The fraction of sp³-hybridized carbons (Fsp3) is 0.318. The number of hydrogen-bond acceptors (Lipinski definition) is 5. The van der Waals surface area contributed by atoms with E-state index in [-0.39, 0.29) is 24.0 Å². The predicted molar refractivity (Wildman–Crippen MR) is 133 cm³/mol. The summed E-state index contributed by atoms with van der Waals surface area (Å²) in [5.41, 5.74) is 3.30. The number of methoxy groups -OCH3 is 2. The van der Waals surface area contributed by atoms with E-state index in [1.807, 2.05) is 36.4 Å². The third kappa shape index (κ3) is 6.84. The van der Waals surface area contributed by atoms with Crippen LogP contribution in [0.3, 0.4) is 0 Å². The summed E-state index contributed by atoms with van der Waals surface area (Å²) in [5.74, 6) is 3.77. The first-order valence-corrected chi connectivity index (χ1v) is 9.76. The molecular weight excluding hydrogens is 507 g/mol. The van der Waals surface area contributed by atoms with Crippen LogP contribution in [-0.4, -0.2) is 49.0 Å². The lowest BCUT2D eigenvalue weighted by atomic mass is 10.1. The Morgan fingerprint density at radius 3 is 2.52 bits per heavy atom. The number of rotatable bonds is 8. The number of aromatic nitrogens is 3. The number of aromatic amines is 1. The van der Waals surface area contributed by atoms with Crippen molar-refractivity contribution in [2.45, 2.75) is 19.9 Å². The molecular formula is C22H29IN6O2. The van der Waals surface area contributed by atoms with E-state index >= 15 is 0 Å². The summed E-state index contributed by atoms with van der Waals surface area (Å²) in [6.45, 7) is 3.29. The summed E-state index contributed by atoms with van der Waals surface area (Å²) in [6.07, 6.45) is 0.829. The molecule has 0 saturated heterocycles. The molecule has 9 heteroatoms. The molecule has 8 nitrogen and oxygen atoms in total. The van der Waals surface area contributed by atoms with Crippen molar-refractivity contribution in [3.63, 3.8) is 0 Å². The lowest BCUT2D eigenvalue weighted by Gasteiger charge is -2.13. The number of nitrogens with zero attached hydrogens (tertiary/aromatic N) is 3. The Morgan fingerprint density at radius 2 is 1.84 bits per heavy atom. The highest BCUT2D eigenvalue weighted by molar-refractivity contribution is 14.0. The molecule has 3 aromatic rings. The topological polar surface area (TPSA) is 96.5 Å². The van der Waals surface area contributed by atoms with Gasteiger partial charge in [0.2, 0.25) is 0 Å². The highest BCUT2D eigenvalue weighted by Crippen LogP contribution is 2.20. The van der Waals surface area contributed by atoms with Crippen LogP contribution in [0.15, 0.2) is 47.5 Å². The highest BCUT2D eigenvalue weighted by atomic mass is 127. The highest BCUT2D eigenvalue weighted by Gasteiger charge is 2.08. The first-order chi connectivity index (χ1) is 14.6. The van der Waals surface area contributed by atoms with Crippen molar-refractivity contribution in [1.82, 2.24) is 25.8 Å². The molecule has 0 aliphatic carbocycles. The molecule has 2 aromatic carbocycles. The van der Waals surface area contributed by atoms with Crippen LogP contribution in [0.4, 0.5) is 0 Å². The molecule has 3 rings (SSSR count). The molecule has 0 unspecified atom stereocenters. The molecule has 0 radical (unpaired) electrons. The largest absolute Gasteiger partial charge is 0.497 e. The maximum Gasteiger partial charge on any atom is 0.191 e. The lowest BCUT2D eigenvalue weighted by molar-refractivity contribution is 0.409. The summed E-state index contributed by atoms with van der Waals surface area (Å²) in [6, 6.07) is 13.8. The minimum Gasteiger partial charge on any atom is -0.497 e. The van der Waals surface area contributed by atoms with Crippen LogP contribution < -0.4 is 20.1 Å². The van der Waals surface area contributed by atoms with E-state index in [4.69, 9.17) is 9.47 Å². The van der Waals surface area contributed by atoms with E-state index < -0.39 is 0 Å². The normalized spacial score (nSPS) is 10.9. The fourth-order valence-electron chi connectivity index (χ4n) is 3.05. The van der Waals surface area contributed by atoms with Crippen molar-refractivity contribution in [2.75, 3.05) is 27.8 Å². The average molecular weight is 536 g/mol. The maximum absolute atomic E-state index is 5.44. The molecule has 0 aliphatic heterocycles. The van der Waals surface area contributed by atoms with Crippen LogP contribution in [-0.2, 0) is 13.0 Å². The van der Waals surface area contributed by atoms with Crippen LogP contribution in [0.2, 0.25) is 0 Å². The molecule has 0 saturated carbocycles. The number of aryl methyl sites for hydroxylation is 1. The molecule has 0 bridgehead atoms. The number of hydrogen-bond donors (Lipinski definition) is 3. The Hall–Kier alpha value is -2.82. The number of halogens is 1. The minimum atomic E-state index is 0. The second-order valence-electron chi connectivity index (χ2n) is 6.75. The van der Waals surface area contributed by atoms with Gasteiger partial charge in [0.25, 0.3) is 0 Å². The zero-order valence-electron chi connectivity index (χ0n) is 18.2. The van der Waals surface area contributed by atoms with Crippen LogP contribution >= 0.6 is 24.0 Å². The lowest BCUT2D eigenvalue weighted by Crippen LogP contribution is -2.38. The quantitative estimate of drug-likeness (QED) is 0.232. The van der Waals surface area contributed by atoms with E-state index in [0.29, 0.717) is 18.3 Å². The zero-order chi connectivity index (χ0) is 21.3. The molecule has 1 aromatic heterocycles. The van der Waals surface area contributed by atoms with Crippen molar-refractivity contribution in [3.05, 3.63) is 59.4 Å². The summed E-state index contributed by atoms with van der Waals surface area (Å²) in [4.78, 5) is 8.80. The molecule has 0 amide bonds. The van der Waals surface area contributed by atoms with Gasteiger partial charge in [-0.15, -0.1) is 24.0 Å². The van der Waals surface area contributed by atoms with E-state index in [2.05, 4.69) is 43.8 Å². The average Bonchev–Trinajstić information content (AvgIpc) is 3.25. The van der Waals surface area contributed by atoms with E-state index in [0.717, 1.165) is 35.9 Å². The first-order valence-electron chi connectivity index (χ1n) is 9.76. The smallest absolute Gasteiger partial charge is 0.191 e. The monoisotopic (exact) mass is 536 g/mol. The van der Waals surface area contributed by atoms with Crippen molar-refractivity contribution in [2.24, 2.45) is 4.99 Å². The molecule has 0 aliphatic rings. The summed E-state index contributed by atoms with van der Waals surface area (Å²) in [7, 11) is 5.08. The number of guanidine groups is 1. The molecule has 31 heavy (non-hydrogen) atoms. The van der Waals surface area contributed by atoms with Gasteiger partial charge in [0, 0.05) is 19.2 Å². The zero-order valence-corrected chi connectivity index (χ0v) is 20.6. The van der Waals surface area contributed by atoms with Gasteiger partial charge in [-0.3, -0.25) is 10.1 Å². The van der Waals surface area contributed by atoms with Gasteiger partial charge < -0.3 is 20.1 Å². The molecule has 166 valence electrons. The Morgan fingerprint density at radius 1 is 1.06 bits per heavy atom. The third-order valence-corrected chi connectivity index (χ3v) is 4.65. The van der Waals surface area contributed by atoms with Crippen LogP contribution in [0, 0.1) is 6.92 Å². The van der Waals surface area contributed by atoms with Crippen molar-refractivity contribution < 1.29 is 9.47 Å². The molecule has 1 heterocycles. The van der Waals surface area contributed by atoms with Gasteiger partial charge in [0.15, 0.2) is 11.8 Å². The molecule has 0 spiro atoms. The van der Waals surface area contributed by atoms with Crippen molar-refractivity contribution in [1.29, 1.82) is 0 Å². The van der Waals surface area contributed by atoms with Gasteiger partial charge in [-0.1, -0.05) is 17.7 Å². The molecule has 0 fully saturated rings. The van der Waals surface area contributed by atoms with Gasteiger partial charge in [-0.25, -0.2) is 4.98 Å². The number of ether oxygens (including phenoxy) is 2. The van der Waals surface area contributed by atoms with Gasteiger partial charge in [-0.2, -0.15) is 5.10 Å². The van der Waals surface area contributed by atoms with Gasteiger partial charge in [0.05, 0.1) is 20.8 Å². The van der Waals surface area contributed by atoms with E-state index in [1.165, 1.54) is 11.1 Å². The Balaban J connectivity index is 0.00000341. The third-order valence-electron chi connectivity index (χ3n) is 4.65. The standard InChI is InChI=1S/C22H28N6O2.HI/c1-15-5-10-19(30-4)17(13-15)11-12-24-22(23-2)25-14-20-26-21(28-27-20)16-6-8-18(29-3)9-7-16;/h5-10,13H,11-12,14H2,1-4H3,(H2,23,24,25)(H,26,27,28);1H. The molecule has 3 N–H and O–H groups in total. The summed E-state index contributed by atoms with van der Waals surface area (Å²) in [5, 5.41) is 13.8.